The highest BCUT2D eigenvalue weighted by molar-refractivity contribution is 4.75. The van der Waals surface area contributed by atoms with Crippen LogP contribution >= 0.6 is 0 Å². The van der Waals surface area contributed by atoms with E-state index in [0.717, 1.165) is 26.2 Å². The smallest absolute Gasteiger partial charge is 0.0718 e. The lowest BCUT2D eigenvalue weighted by Gasteiger charge is -2.26. The van der Waals surface area contributed by atoms with Crippen molar-refractivity contribution in [3.8, 4) is 0 Å². The van der Waals surface area contributed by atoms with Gasteiger partial charge in [0.05, 0.1) is 12.7 Å². The SMILES string of the molecule is CC(C)N(C)CC(O)C1CCOC1. The Morgan fingerprint density at radius 1 is 1.54 bits per heavy atom. The normalized spacial score (nSPS) is 25.8. The maximum Gasteiger partial charge on any atom is 0.0718 e. The van der Waals surface area contributed by atoms with E-state index in [-0.39, 0.29) is 6.10 Å². The molecule has 3 nitrogen and oxygen atoms in total. The highest BCUT2D eigenvalue weighted by Gasteiger charge is 2.25. The number of hydrogen-bond acceptors (Lipinski definition) is 3. The molecule has 1 N–H and O–H groups in total. The summed E-state index contributed by atoms with van der Waals surface area (Å²) in [7, 11) is 2.05. The van der Waals surface area contributed by atoms with Crippen molar-refractivity contribution in [1.29, 1.82) is 0 Å². The number of ether oxygens (including phenoxy) is 1. The van der Waals surface area contributed by atoms with Gasteiger partial charge in [0.15, 0.2) is 0 Å². The minimum Gasteiger partial charge on any atom is -0.391 e. The number of aliphatic hydroxyl groups excluding tert-OH is 1. The molecule has 3 heteroatoms. The first kappa shape index (κ1) is 11.0. The Morgan fingerprint density at radius 2 is 2.23 bits per heavy atom. The molecule has 1 heterocycles. The summed E-state index contributed by atoms with van der Waals surface area (Å²) < 4.78 is 5.24. The van der Waals surface area contributed by atoms with Crippen molar-refractivity contribution in [2.24, 2.45) is 5.92 Å². The second kappa shape index (κ2) is 4.94. The molecule has 2 atom stereocenters. The lowest BCUT2D eigenvalue weighted by molar-refractivity contribution is 0.0555. The van der Waals surface area contributed by atoms with Crippen LogP contribution in [0.25, 0.3) is 0 Å². The summed E-state index contributed by atoms with van der Waals surface area (Å²) >= 11 is 0. The van der Waals surface area contributed by atoms with Gasteiger partial charge in [-0.3, -0.25) is 0 Å². The summed E-state index contributed by atoms with van der Waals surface area (Å²) in [6.07, 6.45) is 0.780. The molecule has 0 aliphatic carbocycles. The average molecular weight is 187 g/mol. The van der Waals surface area contributed by atoms with Crippen LogP contribution in [0.3, 0.4) is 0 Å². The summed E-state index contributed by atoms with van der Waals surface area (Å²) in [4.78, 5) is 2.17. The first-order valence-electron chi connectivity index (χ1n) is 5.07. The molecule has 0 spiro atoms. The summed E-state index contributed by atoms with van der Waals surface area (Å²) in [6.45, 7) is 6.57. The molecule has 0 aromatic heterocycles. The van der Waals surface area contributed by atoms with Crippen molar-refractivity contribution in [1.82, 2.24) is 4.90 Å². The van der Waals surface area contributed by atoms with E-state index in [9.17, 15) is 5.11 Å². The predicted octanol–water partition coefficient (Wildman–Crippen LogP) is 0.724. The fourth-order valence-corrected chi connectivity index (χ4v) is 1.51. The van der Waals surface area contributed by atoms with Gasteiger partial charge in [-0.15, -0.1) is 0 Å². The third kappa shape index (κ3) is 3.25. The Kier molecular flexibility index (Phi) is 4.16. The van der Waals surface area contributed by atoms with Gasteiger partial charge in [-0.25, -0.2) is 0 Å². The van der Waals surface area contributed by atoms with Gasteiger partial charge in [0.2, 0.25) is 0 Å². The molecule has 1 aliphatic heterocycles. The molecule has 2 unspecified atom stereocenters. The van der Waals surface area contributed by atoms with Crippen LogP contribution in [0, 0.1) is 5.92 Å². The van der Waals surface area contributed by atoms with E-state index in [1.807, 2.05) is 7.05 Å². The molecular formula is C10H21NO2. The minimum absolute atomic E-state index is 0.227. The molecule has 1 aliphatic rings. The molecule has 0 amide bonds. The standard InChI is InChI=1S/C10H21NO2/c1-8(2)11(3)6-10(12)9-4-5-13-7-9/h8-10,12H,4-7H2,1-3H3. The van der Waals surface area contributed by atoms with E-state index in [1.165, 1.54) is 0 Å². The summed E-state index contributed by atoms with van der Waals surface area (Å²) in [6, 6.07) is 0.497. The van der Waals surface area contributed by atoms with Crippen LogP contribution in [-0.2, 0) is 4.74 Å². The molecular weight excluding hydrogens is 166 g/mol. The fraction of sp³-hybridized carbons (Fsp3) is 1.00. The number of rotatable bonds is 4. The van der Waals surface area contributed by atoms with E-state index in [4.69, 9.17) is 4.74 Å². The average Bonchev–Trinajstić information content (AvgIpc) is 2.55. The highest BCUT2D eigenvalue weighted by Crippen LogP contribution is 2.17. The first-order valence-corrected chi connectivity index (χ1v) is 5.07. The van der Waals surface area contributed by atoms with Gasteiger partial charge in [0.25, 0.3) is 0 Å². The largest absolute Gasteiger partial charge is 0.391 e. The Hall–Kier alpha value is -0.120. The molecule has 1 rings (SSSR count). The van der Waals surface area contributed by atoms with Crippen LogP contribution in [0.1, 0.15) is 20.3 Å². The van der Waals surface area contributed by atoms with Crippen LogP contribution in [0.2, 0.25) is 0 Å². The van der Waals surface area contributed by atoms with Crippen molar-refractivity contribution < 1.29 is 9.84 Å². The van der Waals surface area contributed by atoms with Gasteiger partial charge < -0.3 is 14.7 Å². The maximum absolute atomic E-state index is 9.85. The number of likely N-dealkylation sites (N-methyl/N-ethyl adjacent to an activating group) is 1. The lowest BCUT2D eigenvalue weighted by atomic mass is 10.0. The van der Waals surface area contributed by atoms with Gasteiger partial charge in [0.1, 0.15) is 0 Å². The molecule has 0 saturated carbocycles. The monoisotopic (exact) mass is 187 g/mol. The van der Waals surface area contributed by atoms with Crippen molar-refractivity contribution in [3.63, 3.8) is 0 Å². The molecule has 0 radical (unpaired) electrons. The highest BCUT2D eigenvalue weighted by atomic mass is 16.5. The molecule has 13 heavy (non-hydrogen) atoms. The van der Waals surface area contributed by atoms with E-state index in [0.29, 0.717) is 12.0 Å². The van der Waals surface area contributed by atoms with Crippen LogP contribution in [-0.4, -0.2) is 49.0 Å². The van der Waals surface area contributed by atoms with Crippen LogP contribution in [0.4, 0.5) is 0 Å². The van der Waals surface area contributed by atoms with E-state index < -0.39 is 0 Å². The van der Waals surface area contributed by atoms with Crippen molar-refractivity contribution >= 4 is 0 Å². The first-order chi connectivity index (χ1) is 6.11. The third-order valence-corrected chi connectivity index (χ3v) is 2.87. The Balaban J connectivity index is 2.26. The molecule has 1 saturated heterocycles. The maximum atomic E-state index is 9.85. The molecule has 1 fully saturated rings. The van der Waals surface area contributed by atoms with Gasteiger partial charge in [-0.2, -0.15) is 0 Å². The molecule has 78 valence electrons. The Morgan fingerprint density at radius 3 is 2.69 bits per heavy atom. The van der Waals surface area contributed by atoms with Crippen LogP contribution in [0.5, 0.6) is 0 Å². The summed E-state index contributed by atoms with van der Waals surface area (Å²) in [5.74, 6) is 0.348. The van der Waals surface area contributed by atoms with Gasteiger partial charge >= 0.3 is 0 Å². The third-order valence-electron chi connectivity index (χ3n) is 2.87. The second-order valence-corrected chi connectivity index (χ2v) is 4.22. The number of nitrogens with zero attached hydrogens (tertiary/aromatic N) is 1. The fourth-order valence-electron chi connectivity index (χ4n) is 1.51. The van der Waals surface area contributed by atoms with E-state index >= 15 is 0 Å². The zero-order valence-electron chi connectivity index (χ0n) is 8.86. The number of hydrogen-bond donors (Lipinski definition) is 1. The summed E-state index contributed by atoms with van der Waals surface area (Å²) in [5.41, 5.74) is 0. The van der Waals surface area contributed by atoms with Crippen LogP contribution in [0.15, 0.2) is 0 Å². The molecule has 0 bridgehead atoms. The zero-order valence-corrected chi connectivity index (χ0v) is 8.86. The van der Waals surface area contributed by atoms with E-state index in [2.05, 4.69) is 18.7 Å². The number of aliphatic hydroxyl groups is 1. The Bertz CT molecular complexity index is 144. The van der Waals surface area contributed by atoms with Gasteiger partial charge in [0, 0.05) is 25.1 Å². The topological polar surface area (TPSA) is 32.7 Å². The quantitative estimate of drug-likeness (QED) is 0.704. The van der Waals surface area contributed by atoms with Gasteiger partial charge in [-0.05, 0) is 27.3 Å². The molecule has 0 aromatic carbocycles. The minimum atomic E-state index is -0.227. The van der Waals surface area contributed by atoms with Gasteiger partial charge in [-0.1, -0.05) is 0 Å². The summed E-state index contributed by atoms with van der Waals surface area (Å²) in [5, 5.41) is 9.85. The lowest BCUT2D eigenvalue weighted by Crippen LogP contribution is -2.38. The van der Waals surface area contributed by atoms with Crippen molar-refractivity contribution in [3.05, 3.63) is 0 Å². The van der Waals surface area contributed by atoms with Crippen LogP contribution < -0.4 is 0 Å². The van der Waals surface area contributed by atoms with E-state index in [1.54, 1.807) is 0 Å². The molecule has 0 aromatic rings. The van der Waals surface area contributed by atoms with Crippen molar-refractivity contribution in [2.75, 3.05) is 26.8 Å². The Labute approximate surface area is 80.7 Å². The second-order valence-electron chi connectivity index (χ2n) is 4.22. The zero-order chi connectivity index (χ0) is 9.84. The predicted molar refractivity (Wildman–Crippen MR) is 52.7 cm³/mol. The van der Waals surface area contributed by atoms with Crippen molar-refractivity contribution in [2.45, 2.75) is 32.4 Å².